The molecule has 39 heavy (non-hydrogen) atoms. The summed E-state index contributed by atoms with van der Waals surface area (Å²) in [6.07, 6.45) is 0.971. The van der Waals surface area contributed by atoms with Crippen LogP contribution in [0.3, 0.4) is 0 Å². The molecule has 0 spiro atoms. The highest BCUT2D eigenvalue weighted by molar-refractivity contribution is 7.92. The Hall–Kier alpha value is -3.18. The molecular formula is C28H30ClN5O3S2. The van der Waals surface area contributed by atoms with E-state index >= 15 is 0 Å². The van der Waals surface area contributed by atoms with Crippen LogP contribution < -0.4 is 14.9 Å². The molecule has 1 aromatic heterocycles. The standard InChI is InChI=1S/C28H30ClN5O3S2/c1-2-20-6-5-9-25-26(20)31-28(38-25)34-18-16-33(17-19-34)15-14-30-27(35)23-7-3-4-8-24(23)32-39(36,37)22-12-10-21(29)11-13-22/h3-13,32H,2,14-19H2,1H3,(H,30,35). The molecule has 2 N–H and O–H groups in total. The first-order valence-electron chi connectivity index (χ1n) is 12.9. The summed E-state index contributed by atoms with van der Waals surface area (Å²) in [5.41, 5.74) is 2.88. The summed E-state index contributed by atoms with van der Waals surface area (Å²) >= 11 is 7.62. The first-order valence-corrected chi connectivity index (χ1v) is 15.5. The molecule has 5 rings (SSSR count). The van der Waals surface area contributed by atoms with Crippen LogP contribution in [0.4, 0.5) is 10.8 Å². The monoisotopic (exact) mass is 583 g/mol. The molecule has 0 aliphatic carbocycles. The maximum absolute atomic E-state index is 13.0. The van der Waals surface area contributed by atoms with Crippen LogP contribution in [0.15, 0.2) is 71.6 Å². The number of hydrogen-bond acceptors (Lipinski definition) is 7. The highest BCUT2D eigenvalue weighted by Crippen LogP contribution is 2.31. The van der Waals surface area contributed by atoms with Crippen molar-refractivity contribution in [3.05, 3.63) is 82.9 Å². The highest BCUT2D eigenvalue weighted by Gasteiger charge is 2.21. The first-order chi connectivity index (χ1) is 18.8. The van der Waals surface area contributed by atoms with Crippen molar-refractivity contribution < 1.29 is 13.2 Å². The van der Waals surface area contributed by atoms with Crippen molar-refractivity contribution in [2.45, 2.75) is 18.2 Å². The van der Waals surface area contributed by atoms with Crippen molar-refractivity contribution in [2.75, 3.05) is 48.9 Å². The third-order valence-electron chi connectivity index (χ3n) is 6.77. The molecule has 1 aliphatic rings. The Kier molecular flexibility index (Phi) is 8.37. The van der Waals surface area contributed by atoms with Crippen LogP contribution >= 0.6 is 22.9 Å². The van der Waals surface area contributed by atoms with Crippen molar-refractivity contribution >= 4 is 59.9 Å². The van der Waals surface area contributed by atoms with Crippen molar-refractivity contribution in [3.8, 4) is 0 Å². The Morgan fingerprint density at radius 3 is 2.49 bits per heavy atom. The van der Waals surface area contributed by atoms with E-state index in [0.717, 1.165) is 43.2 Å². The van der Waals surface area contributed by atoms with Gasteiger partial charge in [-0.3, -0.25) is 14.4 Å². The minimum absolute atomic E-state index is 0.0675. The Balaban J connectivity index is 1.14. The van der Waals surface area contributed by atoms with Gasteiger partial charge in [0.2, 0.25) is 0 Å². The number of aromatic nitrogens is 1. The second-order valence-corrected chi connectivity index (χ2v) is 12.4. The second-order valence-electron chi connectivity index (χ2n) is 9.30. The molecule has 11 heteroatoms. The third kappa shape index (κ3) is 6.36. The lowest BCUT2D eigenvalue weighted by molar-refractivity contribution is 0.0948. The van der Waals surface area contributed by atoms with Gasteiger partial charge in [0.25, 0.3) is 15.9 Å². The Labute approximate surface area is 237 Å². The van der Waals surface area contributed by atoms with Gasteiger partial charge in [-0.1, -0.05) is 54.1 Å². The number of halogens is 1. The van der Waals surface area contributed by atoms with E-state index in [2.05, 4.69) is 45.0 Å². The first kappa shape index (κ1) is 27.4. The summed E-state index contributed by atoms with van der Waals surface area (Å²) in [6.45, 7) is 6.84. The molecule has 3 aromatic carbocycles. The molecule has 0 saturated carbocycles. The SMILES string of the molecule is CCc1cccc2sc(N3CCN(CCNC(=O)c4ccccc4NS(=O)(=O)c4ccc(Cl)cc4)CC3)nc12. The zero-order valence-electron chi connectivity index (χ0n) is 21.6. The quantitative estimate of drug-likeness (QED) is 0.292. The summed E-state index contributed by atoms with van der Waals surface area (Å²) in [4.78, 5) is 22.6. The number of carbonyl (C=O) groups excluding carboxylic acids is 1. The van der Waals surface area contributed by atoms with Gasteiger partial charge >= 0.3 is 0 Å². The minimum Gasteiger partial charge on any atom is -0.351 e. The van der Waals surface area contributed by atoms with Crippen molar-refractivity contribution in [1.29, 1.82) is 0 Å². The van der Waals surface area contributed by atoms with Gasteiger partial charge in [-0.25, -0.2) is 13.4 Å². The van der Waals surface area contributed by atoms with Crippen LogP contribution in [-0.2, 0) is 16.4 Å². The summed E-state index contributed by atoms with van der Waals surface area (Å²) < 4.78 is 29.4. The summed E-state index contributed by atoms with van der Waals surface area (Å²) in [6, 6.07) is 18.8. The number of rotatable bonds is 9. The third-order valence-corrected chi connectivity index (χ3v) is 9.48. The van der Waals surface area contributed by atoms with E-state index in [0.29, 0.717) is 18.1 Å². The fraction of sp³-hybridized carbons (Fsp3) is 0.286. The van der Waals surface area contributed by atoms with E-state index in [1.54, 1.807) is 35.6 Å². The number of amides is 1. The van der Waals surface area contributed by atoms with Gasteiger partial charge in [-0.2, -0.15) is 0 Å². The molecule has 2 heterocycles. The van der Waals surface area contributed by atoms with Crippen molar-refractivity contribution in [3.63, 3.8) is 0 Å². The number of carbonyl (C=O) groups is 1. The Bertz CT molecular complexity index is 1570. The fourth-order valence-electron chi connectivity index (χ4n) is 4.59. The number of aryl methyl sites for hydroxylation is 1. The lowest BCUT2D eigenvalue weighted by Gasteiger charge is -2.34. The number of fused-ring (bicyclic) bond motifs is 1. The van der Waals surface area contributed by atoms with Crippen LogP contribution in [0, 0.1) is 0 Å². The van der Waals surface area contributed by atoms with Gasteiger partial charge in [-0.15, -0.1) is 0 Å². The van der Waals surface area contributed by atoms with Crippen LogP contribution in [0.2, 0.25) is 5.02 Å². The topological polar surface area (TPSA) is 94.6 Å². The van der Waals surface area contributed by atoms with Crippen LogP contribution in [0.1, 0.15) is 22.8 Å². The highest BCUT2D eigenvalue weighted by atomic mass is 35.5. The normalized spacial score (nSPS) is 14.5. The number of benzene rings is 3. The second kappa shape index (κ2) is 11.9. The molecule has 0 radical (unpaired) electrons. The lowest BCUT2D eigenvalue weighted by atomic mass is 10.1. The fourth-order valence-corrected chi connectivity index (χ4v) is 6.86. The molecule has 1 aliphatic heterocycles. The summed E-state index contributed by atoms with van der Waals surface area (Å²) in [5, 5.41) is 4.44. The number of para-hydroxylation sites is 2. The number of thiazole rings is 1. The lowest BCUT2D eigenvalue weighted by Crippen LogP contribution is -2.48. The molecule has 204 valence electrons. The van der Waals surface area contributed by atoms with Gasteiger partial charge in [0.05, 0.1) is 26.4 Å². The average molecular weight is 584 g/mol. The summed E-state index contributed by atoms with van der Waals surface area (Å²) in [5.74, 6) is -0.329. The molecule has 4 aromatic rings. The van der Waals surface area contributed by atoms with Crippen molar-refractivity contribution in [2.24, 2.45) is 0 Å². The average Bonchev–Trinajstić information content (AvgIpc) is 3.38. The molecule has 0 unspecified atom stereocenters. The molecule has 0 bridgehead atoms. The maximum Gasteiger partial charge on any atom is 0.261 e. The van der Waals surface area contributed by atoms with E-state index in [1.807, 2.05) is 0 Å². The predicted molar refractivity (Wildman–Crippen MR) is 159 cm³/mol. The predicted octanol–water partition coefficient (Wildman–Crippen LogP) is 4.86. The molecular weight excluding hydrogens is 554 g/mol. The van der Waals surface area contributed by atoms with E-state index in [1.165, 1.54) is 34.5 Å². The molecule has 1 saturated heterocycles. The number of nitrogens with one attached hydrogen (secondary N) is 2. The number of piperazine rings is 1. The van der Waals surface area contributed by atoms with Crippen LogP contribution in [0.5, 0.6) is 0 Å². The zero-order chi connectivity index (χ0) is 27.4. The minimum atomic E-state index is -3.87. The smallest absolute Gasteiger partial charge is 0.261 e. The van der Waals surface area contributed by atoms with Gasteiger partial charge in [-0.05, 0) is 54.4 Å². The largest absolute Gasteiger partial charge is 0.351 e. The maximum atomic E-state index is 13.0. The van der Waals surface area contributed by atoms with Crippen LogP contribution in [-0.4, -0.2) is 63.5 Å². The van der Waals surface area contributed by atoms with Gasteiger partial charge in [0, 0.05) is 44.3 Å². The number of hydrogen-bond donors (Lipinski definition) is 2. The molecule has 0 atom stereocenters. The van der Waals surface area contributed by atoms with E-state index < -0.39 is 10.0 Å². The van der Waals surface area contributed by atoms with Gasteiger partial charge in [0.1, 0.15) is 0 Å². The summed E-state index contributed by atoms with van der Waals surface area (Å²) in [7, 11) is -3.87. The van der Waals surface area contributed by atoms with E-state index in [9.17, 15) is 13.2 Å². The number of sulfonamides is 1. The van der Waals surface area contributed by atoms with E-state index in [4.69, 9.17) is 16.6 Å². The number of anilines is 2. The molecule has 1 amide bonds. The molecule has 1 fully saturated rings. The zero-order valence-corrected chi connectivity index (χ0v) is 24.0. The van der Waals surface area contributed by atoms with Gasteiger partial charge < -0.3 is 10.2 Å². The van der Waals surface area contributed by atoms with Crippen molar-refractivity contribution in [1.82, 2.24) is 15.2 Å². The molecule has 8 nitrogen and oxygen atoms in total. The van der Waals surface area contributed by atoms with E-state index in [-0.39, 0.29) is 22.1 Å². The van der Waals surface area contributed by atoms with Gasteiger partial charge in [0.15, 0.2) is 5.13 Å². The Morgan fingerprint density at radius 1 is 1.00 bits per heavy atom. The number of nitrogens with zero attached hydrogens (tertiary/aromatic N) is 3. The Morgan fingerprint density at radius 2 is 1.74 bits per heavy atom. The van der Waals surface area contributed by atoms with Crippen LogP contribution in [0.25, 0.3) is 10.2 Å².